The molecule has 0 bridgehead atoms. The summed E-state index contributed by atoms with van der Waals surface area (Å²) in [7, 11) is 1.63. The van der Waals surface area contributed by atoms with Crippen molar-refractivity contribution in [2.24, 2.45) is 0 Å². The van der Waals surface area contributed by atoms with E-state index in [0.717, 1.165) is 16.6 Å². The van der Waals surface area contributed by atoms with E-state index in [1.54, 1.807) is 7.05 Å². The van der Waals surface area contributed by atoms with E-state index in [4.69, 9.17) is 0 Å². The Balaban J connectivity index is 2.05. The summed E-state index contributed by atoms with van der Waals surface area (Å²) in [5.41, 5.74) is 3.82. The number of rotatable bonds is 2. The number of amides is 1. The fraction of sp³-hybridized carbons (Fsp3) is 0.0667. The number of nitrogens with zero attached hydrogens (tertiary/aromatic N) is 2. The molecule has 94 valence electrons. The summed E-state index contributed by atoms with van der Waals surface area (Å²) < 4.78 is 1.84. The first-order valence-corrected chi connectivity index (χ1v) is 6.04. The van der Waals surface area contributed by atoms with Crippen molar-refractivity contribution in [1.82, 2.24) is 14.9 Å². The Morgan fingerprint density at radius 3 is 2.68 bits per heavy atom. The summed E-state index contributed by atoms with van der Waals surface area (Å²) in [5, 5.41) is 6.92. The summed E-state index contributed by atoms with van der Waals surface area (Å²) in [6.45, 7) is 0. The summed E-state index contributed by atoms with van der Waals surface area (Å²) in [4.78, 5) is 11.5. The number of carbonyl (C=O) groups is 1. The van der Waals surface area contributed by atoms with Gasteiger partial charge in [-0.3, -0.25) is 4.79 Å². The number of nitrogens with one attached hydrogen (secondary N) is 1. The van der Waals surface area contributed by atoms with E-state index in [0.29, 0.717) is 5.56 Å². The predicted molar refractivity (Wildman–Crippen MR) is 74.0 cm³/mol. The zero-order valence-corrected chi connectivity index (χ0v) is 10.5. The Morgan fingerprint density at radius 1 is 1.16 bits per heavy atom. The third-order valence-electron chi connectivity index (χ3n) is 3.11. The molecule has 0 aliphatic carbocycles. The Hall–Kier alpha value is -2.62. The monoisotopic (exact) mass is 251 g/mol. The third-order valence-corrected chi connectivity index (χ3v) is 3.11. The van der Waals surface area contributed by atoms with Crippen molar-refractivity contribution < 1.29 is 4.79 Å². The SMILES string of the molecule is CNC(=O)c1ccc(-c2cnn3ccccc23)cc1. The van der Waals surface area contributed by atoms with Gasteiger partial charge in [0, 0.05) is 24.4 Å². The Morgan fingerprint density at radius 2 is 1.95 bits per heavy atom. The molecule has 3 rings (SSSR count). The molecule has 1 amide bonds. The summed E-state index contributed by atoms with van der Waals surface area (Å²) >= 11 is 0. The lowest BCUT2D eigenvalue weighted by Crippen LogP contribution is -2.17. The molecule has 4 heteroatoms. The van der Waals surface area contributed by atoms with Gasteiger partial charge in [-0.05, 0) is 29.8 Å². The van der Waals surface area contributed by atoms with Gasteiger partial charge in [0.15, 0.2) is 0 Å². The first-order chi connectivity index (χ1) is 9.29. The standard InChI is InChI=1S/C15H13N3O/c1-16-15(19)12-7-5-11(6-8-12)13-10-17-18-9-3-2-4-14(13)18/h2-10H,1H3,(H,16,19). The minimum Gasteiger partial charge on any atom is -0.355 e. The average Bonchev–Trinajstić information content (AvgIpc) is 2.90. The largest absolute Gasteiger partial charge is 0.355 e. The van der Waals surface area contributed by atoms with Crippen LogP contribution in [0.15, 0.2) is 54.9 Å². The molecule has 0 radical (unpaired) electrons. The van der Waals surface area contributed by atoms with Crippen molar-refractivity contribution in [3.05, 3.63) is 60.4 Å². The predicted octanol–water partition coefficient (Wildman–Crippen LogP) is 2.36. The van der Waals surface area contributed by atoms with E-state index in [1.807, 2.05) is 59.4 Å². The van der Waals surface area contributed by atoms with Gasteiger partial charge < -0.3 is 5.32 Å². The molecule has 2 aromatic heterocycles. The lowest BCUT2D eigenvalue weighted by Gasteiger charge is -2.02. The highest BCUT2D eigenvalue weighted by molar-refractivity contribution is 5.94. The third kappa shape index (κ3) is 1.97. The van der Waals surface area contributed by atoms with Gasteiger partial charge in [-0.1, -0.05) is 18.2 Å². The van der Waals surface area contributed by atoms with Crippen LogP contribution in [0.4, 0.5) is 0 Å². The molecule has 4 nitrogen and oxygen atoms in total. The molecule has 3 aromatic rings. The normalized spacial score (nSPS) is 10.6. The van der Waals surface area contributed by atoms with Crippen LogP contribution in [0.25, 0.3) is 16.6 Å². The van der Waals surface area contributed by atoms with Gasteiger partial charge >= 0.3 is 0 Å². The maximum Gasteiger partial charge on any atom is 0.251 e. The molecule has 0 aliphatic rings. The molecule has 0 saturated heterocycles. The first-order valence-electron chi connectivity index (χ1n) is 6.04. The van der Waals surface area contributed by atoms with E-state index in [-0.39, 0.29) is 5.91 Å². The molecule has 0 spiro atoms. The van der Waals surface area contributed by atoms with E-state index in [9.17, 15) is 4.79 Å². The number of aromatic nitrogens is 2. The van der Waals surface area contributed by atoms with Crippen LogP contribution in [0.5, 0.6) is 0 Å². The highest BCUT2D eigenvalue weighted by Crippen LogP contribution is 2.24. The van der Waals surface area contributed by atoms with Crippen molar-refractivity contribution in [3.8, 4) is 11.1 Å². The molecular weight excluding hydrogens is 238 g/mol. The molecular formula is C15H13N3O. The van der Waals surface area contributed by atoms with Crippen LogP contribution in [0.1, 0.15) is 10.4 Å². The molecule has 0 fully saturated rings. The molecule has 2 heterocycles. The topological polar surface area (TPSA) is 46.4 Å². The van der Waals surface area contributed by atoms with Crippen LogP contribution in [-0.2, 0) is 0 Å². The van der Waals surface area contributed by atoms with Crippen LogP contribution in [0, 0.1) is 0 Å². The number of pyridine rings is 1. The van der Waals surface area contributed by atoms with E-state index >= 15 is 0 Å². The number of hydrogen-bond acceptors (Lipinski definition) is 2. The van der Waals surface area contributed by atoms with Crippen molar-refractivity contribution in [3.63, 3.8) is 0 Å². The zero-order chi connectivity index (χ0) is 13.2. The van der Waals surface area contributed by atoms with Gasteiger partial charge in [0.1, 0.15) is 0 Å². The van der Waals surface area contributed by atoms with Gasteiger partial charge in [-0.2, -0.15) is 5.10 Å². The molecule has 0 unspecified atom stereocenters. The maximum absolute atomic E-state index is 11.5. The smallest absolute Gasteiger partial charge is 0.251 e. The Labute approximate surface area is 110 Å². The van der Waals surface area contributed by atoms with Crippen molar-refractivity contribution in [1.29, 1.82) is 0 Å². The van der Waals surface area contributed by atoms with Crippen molar-refractivity contribution >= 4 is 11.4 Å². The van der Waals surface area contributed by atoms with Crippen LogP contribution in [0.3, 0.4) is 0 Å². The second-order valence-corrected chi connectivity index (χ2v) is 4.25. The first kappa shape index (κ1) is 11.5. The van der Waals surface area contributed by atoms with Gasteiger partial charge in [0.25, 0.3) is 5.91 Å². The molecule has 0 saturated carbocycles. The summed E-state index contributed by atoms with van der Waals surface area (Å²) in [6, 6.07) is 13.5. The average molecular weight is 251 g/mol. The molecule has 0 aliphatic heterocycles. The van der Waals surface area contributed by atoms with Crippen molar-refractivity contribution in [2.75, 3.05) is 7.05 Å². The summed E-state index contributed by atoms with van der Waals surface area (Å²) in [6.07, 6.45) is 3.75. The maximum atomic E-state index is 11.5. The second-order valence-electron chi connectivity index (χ2n) is 4.25. The molecule has 1 N–H and O–H groups in total. The minimum absolute atomic E-state index is 0.0774. The highest BCUT2D eigenvalue weighted by Gasteiger charge is 2.07. The fourth-order valence-corrected chi connectivity index (χ4v) is 2.10. The number of fused-ring (bicyclic) bond motifs is 1. The fourth-order valence-electron chi connectivity index (χ4n) is 2.10. The number of benzene rings is 1. The number of carbonyl (C=O) groups excluding carboxylic acids is 1. The number of hydrogen-bond donors (Lipinski definition) is 1. The van der Waals surface area contributed by atoms with Gasteiger partial charge in [0.2, 0.25) is 0 Å². The quantitative estimate of drug-likeness (QED) is 0.760. The van der Waals surface area contributed by atoms with Crippen LogP contribution in [-0.4, -0.2) is 22.6 Å². The second kappa shape index (κ2) is 4.57. The van der Waals surface area contributed by atoms with Crippen LogP contribution < -0.4 is 5.32 Å². The Kier molecular flexibility index (Phi) is 2.76. The van der Waals surface area contributed by atoms with Crippen LogP contribution in [0.2, 0.25) is 0 Å². The molecule has 1 aromatic carbocycles. The Bertz CT molecular complexity index is 728. The highest BCUT2D eigenvalue weighted by atomic mass is 16.1. The minimum atomic E-state index is -0.0774. The van der Waals surface area contributed by atoms with Gasteiger partial charge in [-0.15, -0.1) is 0 Å². The van der Waals surface area contributed by atoms with E-state index < -0.39 is 0 Å². The van der Waals surface area contributed by atoms with Crippen molar-refractivity contribution in [2.45, 2.75) is 0 Å². The van der Waals surface area contributed by atoms with Crippen LogP contribution >= 0.6 is 0 Å². The summed E-state index contributed by atoms with van der Waals surface area (Å²) in [5.74, 6) is -0.0774. The van der Waals surface area contributed by atoms with E-state index in [2.05, 4.69) is 10.4 Å². The lowest BCUT2D eigenvalue weighted by atomic mass is 10.1. The van der Waals surface area contributed by atoms with Gasteiger partial charge in [-0.25, -0.2) is 4.52 Å². The lowest BCUT2D eigenvalue weighted by molar-refractivity contribution is 0.0963. The zero-order valence-electron chi connectivity index (χ0n) is 10.5. The van der Waals surface area contributed by atoms with E-state index in [1.165, 1.54) is 0 Å². The van der Waals surface area contributed by atoms with Gasteiger partial charge in [0.05, 0.1) is 11.7 Å². The molecule has 0 atom stereocenters. The molecule has 19 heavy (non-hydrogen) atoms.